The Morgan fingerprint density at radius 1 is 0.857 bits per heavy atom. The van der Waals surface area contributed by atoms with Gasteiger partial charge in [-0.05, 0) is 11.6 Å². The predicted octanol–water partition coefficient (Wildman–Crippen LogP) is 3.96. The van der Waals surface area contributed by atoms with Crippen LogP contribution in [0.5, 0.6) is 0 Å². The molecule has 0 N–H and O–H groups in total. The van der Waals surface area contributed by atoms with Crippen LogP contribution in [0.25, 0.3) is 22.1 Å². The highest BCUT2D eigenvalue weighted by Gasteiger charge is 2.06. The number of rotatable bonds is 0. The van der Waals surface area contributed by atoms with Gasteiger partial charge in [-0.3, -0.25) is 0 Å². The lowest BCUT2D eigenvalue weighted by molar-refractivity contribution is 0.606. The van der Waals surface area contributed by atoms with Gasteiger partial charge in [-0.25, -0.2) is 0 Å². The van der Waals surface area contributed by atoms with Crippen molar-refractivity contribution in [1.29, 1.82) is 0 Å². The van der Waals surface area contributed by atoms with Crippen molar-refractivity contribution in [2.24, 2.45) is 0 Å². The van der Waals surface area contributed by atoms with Crippen LogP contribution in [0.1, 0.15) is 0 Å². The van der Waals surface area contributed by atoms with Crippen LogP contribution < -0.4 is 0 Å². The number of benzene rings is 1. The van der Waals surface area contributed by atoms with Crippen molar-refractivity contribution in [3.05, 3.63) is 48.7 Å². The van der Waals surface area contributed by atoms with Gasteiger partial charge in [0, 0.05) is 10.9 Å². The second-order valence-corrected chi connectivity index (χ2v) is 3.13. The molecule has 1 nitrogen and oxygen atoms in total. The van der Waals surface area contributed by atoms with E-state index in [-0.39, 0.29) is 12.4 Å². The van der Waals surface area contributed by atoms with E-state index >= 15 is 0 Å². The summed E-state index contributed by atoms with van der Waals surface area (Å²) in [6, 6.07) is 14.3. The maximum Gasteiger partial charge on any atom is 0.134 e. The zero-order valence-electron chi connectivity index (χ0n) is 7.44. The van der Waals surface area contributed by atoms with Crippen LogP contribution in [-0.4, -0.2) is 0 Å². The average molecular weight is 205 g/mol. The molecular formula is C12H9ClO. The monoisotopic (exact) mass is 204 g/mol. The molecule has 2 heteroatoms. The maximum atomic E-state index is 5.48. The first kappa shape index (κ1) is 9.10. The Morgan fingerprint density at radius 2 is 1.71 bits per heavy atom. The van der Waals surface area contributed by atoms with Crippen molar-refractivity contribution in [1.82, 2.24) is 0 Å². The van der Waals surface area contributed by atoms with Gasteiger partial charge in [0.1, 0.15) is 5.58 Å². The minimum Gasteiger partial charge on any atom is -0.464 e. The summed E-state index contributed by atoms with van der Waals surface area (Å²) in [6.07, 6.45) is 1.80. The molecule has 0 bridgehead atoms. The molecule has 1 aliphatic carbocycles. The fourth-order valence-corrected chi connectivity index (χ4v) is 1.70. The minimum absolute atomic E-state index is 0. The largest absolute Gasteiger partial charge is 0.464 e. The molecule has 70 valence electrons. The third-order valence-electron chi connectivity index (χ3n) is 2.34. The number of hydrogen-bond acceptors (Lipinski definition) is 1. The van der Waals surface area contributed by atoms with E-state index in [0.717, 1.165) is 5.58 Å². The van der Waals surface area contributed by atoms with Crippen LogP contribution in [0.3, 0.4) is 0 Å². The molecule has 0 spiro atoms. The predicted molar refractivity (Wildman–Crippen MR) is 60.1 cm³/mol. The molecule has 2 aliphatic rings. The van der Waals surface area contributed by atoms with Crippen LogP contribution in [0, 0.1) is 0 Å². The van der Waals surface area contributed by atoms with Crippen molar-refractivity contribution in [2.45, 2.75) is 0 Å². The van der Waals surface area contributed by atoms with Gasteiger partial charge in [-0.15, -0.1) is 12.4 Å². The van der Waals surface area contributed by atoms with Gasteiger partial charge in [0.2, 0.25) is 0 Å². The summed E-state index contributed by atoms with van der Waals surface area (Å²) in [7, 11) is 0. The van der Waals surface area contributed by atoms with E-state index in [1.807, 2.05) is 24.3 Å². The molecule has 0 saturated heterocycles. The summed E-state index contributed by atoms with van der Waals surface area (Å²) in [5.74, 6) is 0. The van der Waals surface area contributed by atoms with Crippen molar-refractivity contribution in [3.63, 3.8) is 0 Å². The first-order valence-corrected chi connectivity index (χ1v) is 4.30. The standard InChI is InChI=1S/C12H8O.ClH/c1-2-7-12-11(5-1)10-6-3-4-9(10)8-13-12;/h1-8H;1H. The zero-order valence-corrected chi connectivity index (χ0v) is 8.25. The molecule has 1 aromatic carbocycles. The molecule has 0 saturated carbocycles. The summed E-state index contributed by atoms with van der Waals surface area (Å²) in [6.45, 7) is 0. The smallest absolute Gasteiger partial charge is 0.134 e. The molecule has 3 rings (SSSR count). The number of fused-ring (bicyclic) bond motifs is 3. The molecule has 0 atom stereocenters. The maximum absolute atomic E-state index is 5.48. The van der Waals surface area contributed by atoms with Gasteiger partial charge < -0.3 is 4.42 Å². The highest BCUT2D eigenvalue weighted by atomic mass is 35.5. The van der Waals surface area contributed by atoms with E-state index in [1.165, 1.54) is 16.5 Å². The molecular weight excluding hydrogens is 196 g/mol. The van der Waals surface area contributed by atoms with Gasteiger partial charge >= 0.3 is 0 Å². The van der Waals surface area contributed by atoms with Crippen LogP contribution in [-0.2, 0) is 0 Å². The van der Waals surface area contributed by atoms with Crippen molar-refractivity contribution in [2.75, 3.05) is 0 Å². The highest BCUT2D eigenvalue weighted by molar-refractivity contribution is 5.94. The molecule has 0 radical (unpaired) electrons. The van der Waals surface area contributed by atoms with E-state index in [9.17, 15) is 0 Å². The molecule has 0 fully saturated rings. The fraction of sp³-hybridized carbons (Fsp3) is 0. The second kappa shape index (κ2) is 3.35. The number of para-hydroxylation sites is 1. The SMILES string of the molecule is Cl.c1cc2coc3ccccc3c-2c1. The first-order chi connectivity index (χ1) is 6.45. The quantitative estimate of drug-likeness (QED) is 0.540. The average Bonchev–Trinajstić information content (AvgIpc) is 2.65. The topological polar surface area (TPSA) is 13.1 Å². The van der Waals surface area contributed by atoms with Crippen molar-refractivity contribution >= 4 is 23.4 Å². The van der Waals surface area contributed by atoms with E-state index < -0.39 is 0 Å². The summed E-state index contributed by atoms with van der Waals surface area (Å²) in [5, 5.41) is 1.19. The second-order valence-electron chi connectivity index (χ2n) is 3.13. The lowest BCUT2D eigenvalue weighted by Gasteiger charge is -2.02. The Morgan fingerprint density at radius 3 is 2.64 bits per heavy atom. The van der Waals surface area contributed by atoms with E-state index in [2.05, 4.69) is 18.2 Å². The van der Waals surface area contributed by atoms with Gasteiger partial charge in [0.15, 0.2) is 0 Å². The molecule has 14 heavy (non-hydrogen) atoms. The minimum atomic E-state index is 0. The molecule has 0 unspecified atom stereocenters. The molecule has 0 aromatic heterocycles. The molecule has 1 aromatic rings. The van der Waals surface area contributed by atoms with Crippen LogP contribution in [0.4, 0.5) is 0 Å². The first-order valence-electron chi connectivity index (χ1n) is 4.30. The fourth-order valence-electron chi connectivity index (χ4n) is 1.70. The van der Waals surface area contributed by atoms with E-state index in [4.69, 9.17) is 4.42 Å². The Bertz CT molecular complexity index is 527. The van der Waals surface area contributed by atoms with Gasteiger partial charge in [-0.2, -0.15) is 0 Å². The summed E-state index contributed by atoms with van der Waals surface area (Å²) >= 11 is 0. The lowest BCUT2D eigenvalue weighted by atomic mass is 10.1. The normalized spacial score (nSPS) is 10.3. The zero-order chi connectivity index (χ0) is 8.67. The number of hydrogen-bond donors (Lipinski definition) is 0. The Balaban J connectivity index is 0.000000750. The van der Waals surface area contributed by atoms with Crippen LogP contribution in [0.15, 0.2) is 53.1 Å². The van der Waals surface area contributed by atoms with Crippen molar-refractivity contribution < 1.29 is 4.42 Å². The summed E-state index contributed by atoms with van der Waals surface area (Å²) in [4.78, 5) is 0. The Kier molecular flexibility index (Phi) is 2.18. The van der Waals surface area contributed by atoms with Crippen molar-refractivity contribution in [3.8, 4) is 11.1 Å². The number of halogens is 1. The lowest BCUT2D eigenvalue weighted by Crippen LogP contribution is -1.77. The Labute approximate surface area is 88.1 Å². The third kappa shape index (κ3) is 1.17. The van der Waals surface area contributed by atoms with Gasteiger partial charge in [0.25, 0.3) is 0 Å². The Hall–Kier alpha value is -1.47. The molecule has 0 amide bonds. The van der Waals surface area contributed by atoms with Crippen LogP contribution in [0.2, 0.25) is 0 Å². The van der Waals surface area contributed by atoms with Crippen LogP contribution >= 0.6 is 12.4 Å². The van der Waals surface area contributed by atoms with E-state index in [1.54, 1.807) is 6.26 Å². The summed E-state index contributed by atoms with van der Waals surface area (Å²) < 4.78 is 5.48. The highest BCUT2D eigenvalue weighted by Crippen LogP contribution is 2.31. The summed E-state index contributed by atoms with van der Waals surface area (Å²) in [5.41, 5.74) is 3.38. The third-order valence-corrected chi connectivity index (χ3v) is 2.34. The molecule has 1 heterocycles. The molecule has 1 aliphatic heterocycles. The van der Waals surface area contributed by atoms with Gasteiger partial charge in [0.05, 0.1) is 6.26 Å². The van der Waals surface area contributed by atoms with E-state index in [0.29, 0.717) is 0 Å². The van der Waals surface area contributed by atoms with Gasteiger partial charge in [-0.1, -0.05) is 36.4 Å².